The summed E-state index contributed by atoms with van der Waals surface area (Å²) in [4.78, 5) is 20.3. The number of rotatable bonds is 4. The third-order valence-corrected chi connectivity index (χ3v) is 0.910. The van der Waals surface area contributed by atoms with Crippen LogP contribution in [0, 0.1) is 0 Å². The Hall–Kier alpha value is -1.14. The first-order chi connectivity index (χ1) is 6.54. The van der Waals surface area contributed by atoms with Crippen molar-refractivity contribution in [3.63, 3.8) is 0 Å². The van der Waals surface area contributed by atoms with Crippen molar-refractivity contribution in [3.8, 4) is 0 Å². The molecule has 0 aliphatic carbocycles. The highest BCUT2D eigenvalue weighted by atomic mass is 16.6. The lowest BCUT2D eigenvalue weighted by Crippen LogP contribution is -2.34. The third kappa shape index (κ3) is 22.4. The lowest BCUT2D eigenvalue weighted by Gasteiger charge is -2.00. The van der Waals surface area contributed by atoms with E-state index in [1.807, 2.05) is 0 Å². The molecule has 0 spiro atoms. The zero-order valence-corrected chi connectivity index (χ0v) is 9.05. The first-order valence-corrected chi connectivity index (χ1v) is 4.01. The predicted molar refractivity (Wildman–Crippen MR) is 51.4 cm³/mol. The van der Waals surface area contributed by atoms with Crippen LogP contribution in [0.2, 0.25) is 0 Å². The van der Waals surface area contributed by atoms with Gasteiger partial charge in [0.1, 0.15) is 6.79 Å². The van der Waals surface area contributed by atoms with Crippen LogP contribution in [0.25, 0.3) is 0 Å². The van der Waals surface area contributed by atoms with Gasteiger partial charge in [0.15, 0.2) is 0 Å². The van der Waals surface area contributed by atoms with E-state index in [0.717, 1.165) is 0 Å². The van der Waals surface area contributed by atoms with Crippen molar-refractivity contribution in [2.24, 2.45) is 0 Å². The molecule has 6 heteroatoms. The number of amides is 2. The van der Waals surface area contributed by atoms with Crippen LogP contribution in [0.5, 0.6) is 0 Å². The van der Waals surface area contributed by atoms with Crippen molar-refractivity contribution in [3.05, 3.63) is 0 Å². The van der Waals surface area contributed by atoms with E-state index in [1.165, 1.54) is 13.8 Å². The maximum absolute atomic E-state index is 10.2. The molecule has 14 heavy (non-hydrogen) atoms. The number of nitrogens with one attached hydrogen (secondary N) is 2. The number of ether oxygens (including phenoxy) is 2. The van der Waals surface area contributed by atoms with E-state index in [0.29, 0.717) is 6.79 Å². The summed E-state index contributed by atoms with van der Waals surface area (Å²) in [5.41, 5.74) is 0. The highest BCUT2D eigenvalue weighted by Crippen LogP contribution is 1.60. The zero-order valence-electron chi connectivity index (χ0n) is 9.05. The van der Waals surface area contributed by atoms with Gasteiger partial charge in [-0.3, -0.25) is 9.59 Å². The smallest absolute Gasteiger partial charge is 0.218 e. The molecule has 0 aromatic rings. The van der Waals surface area contributed by atoms with Crippen LogP contribution in [0.15, 0.2) is 0 Å². The van der Waals surface area contributed by atoms with E-state index in [1.54, 1.807) is 14.2 Å². The van der Waals surface area contributed by atoms with E-state index in [-0.39, 0.29) is 18.5 Å². The molecule has 0 fully saturated rings. The van der Waals surface area contributed by atoms with E-state index < -0.39 is 0 Å². The molecule has 0 rings (SSSR count). The predicted octanol–water partition coefficient (Wildman–Crippen LogP) is -0.547. The van der Waals surface area contributed by atoms with Crippen LogP contribution in [-0.2, 0) is 19.1 Å². The van der Waals surface area contributed by atoms with Crippen LogP contribution in [-0.4, -0.2) is 39.5 Å². The number of methoxy groups -OCH3 is 2. The molecular formula is C8H18N2O4. The van der Waals surface area contributed by atoms with Crippen LogP contribution in [0.1, 0.15) is 13.8 Å². The third-order valence-electron chi connectivity index (χ3n) is 0.910. The average molecular weight is 206 g/mol. The fraction of sp³-hybridized carbons (Fsp3) is 0.750. The van der Waals surface area contributed by atoms with Gasteiger partial charge in [0.25, 0.3) is 0 Å². The second-order valence-electron chi connectivity index (χ2n) is 2.34. The summed E-state index contributed by atoms with van der Waals surface area (Å²) in [7, 11) is 3.17. The summed E-state index contributed by atoms with van der Waals surface area (Å²) >= 11 is 0. The summed E-state index contributed by atoms with van der Waals surface area (Å²) in [6.07, 6.45) is 0. The highest BCUT2D eigenvalue weighted by molar-refractivity contribution is 5.75. The average Bonchev–Trinajstić information content (AvgIpc) is 2.05. The minimum atomic E-state index is -0.149. The topological polar surface area (TPSA) is 76.7 Å². The van der Waals surface area contributed by atoms with Gasteiger partial charge in [-0.1, -0.05) is 0 Å². The van der Waals surface area contributed by atoms with Crippen molar-refractivity contribution < 1.29 is 19.1 Å². The number of hydrogen-bond donors (Lipinski definition) is 2. The molecule has 0 aliphatic heterocycles. The van der Waals surface area contributed by atoms with Crippen molar-refractivity contribution in [2.75, 3.05) is 27.7 Å². The van der Waals surface area contributed by atoms with Crippen LogP contribution in [0.3, 0.4) is 0 Å². The van der Waals surface area contributed by atoms with Crippen molar-refractivity contribution >= 4 is 11.8 Å². The second kappa shape index (κ2) is 11.9. The van der Waals surface area contributed by atoms with Gasteiger partial charge in [-0.05, 0) is 0 Å². The monoisotopic (exact) mass is 206 g/mol. The molecule has 0 unspecified atom stereocenters. The molecule has 0 bridgehead atoms. The molecule has 2 amide bonds. The quantitative estimate of drug-likeness (QED) is 0.605. The summed E-state index contributed by atoms with van der Waals surface area (Å²) in [6, 6.07) is 0. The minimum absolute atomic E-state index is 0.149. The summed E-state index contributed by atoms with van der Waals surface area (Å²) in [6.45, 7) is 3.38. The minimum Gasteiger partial charge on any atom is -0.359 e. The van der Waals surface area contributed by atoms with Crippen LogP contribution >= 0.6 is 0 Å². The van der Waals surface area contributed by atoms with Gasteiger partial charge in [-0.2, -0.15) is 0 Å². The molecule has 0 atom stereocenters. The first-order valence-electron chi connectivity index (χ1n) is 4.01. The maximum atomic E-state index is 10.2. The summed E-state index contributed by atoms with van der Waals surface area (Å²) < 4.78 is 8.94. The standard InChI is InChI=1S/C5H10N2O2.C3H8O2/c1-4(8)6-3-7-5(2)9;1-4-3-5-2/h3H2,1-2H3,(H,6,8)(H,7,9);3H2,1-2H3. The van der Waals surface area contributed by atoms with Gasteiger partial charge in [-0.15, -0.1) is 0 Å². The Labute approximate surface area is 83.9 Å². The number of hydrogen-bond acceptors (Lipinski definition) is 4. The van der Waals surface area contributed by atoms with E-state index >= 15 is 0 Å². The van der Waals surface area contributed by atoms with Crippen molar-refractivity contribution in [2.45, 2.75) is 13.8 Å². The fourth-order valence-corrected chi connectivity index (χ4v) is 0.411. The molecule has 0 saturated carbocycles. The summed E-state index contributed by atoms with van der Waals surface area (Å²) in [5, 5.41) is 4.81. The molecule has 0 aliphatic rings. The van der Waals surface area contributed by atoms with Crippen molar-refractivity contribution in [1.29, 1.82) is 0 Å². The van der Waals surface area contributed by atoms with Gasteiger partial charge in [0, 0.05) is 28.1 Å². The molecule has 2 N–H and O–H groups in total. The fourth-order valence-electron chi connectivity index (χ4n) is 0.411. The summed E-state index contributed by atoms with van der Waals surface area (Å²) in [5.74, 6) is -0.299. The molecule has 0 aromatic carbocycles. The van der Waals surface area contributed by atoms with Gasteiger partial charge >= 0.3 is 0 Å². The lowest BCUT2D eigenvalue weighted by molar-refractivity contribution is -0.120. The second-order valence-corrected chi connectivity index (χ2v) is 2.34. The molecule has 0 heterocycles. The molecule has 0 aromatic heterocycles. The molecule has 0 radical (unpaired) electrons. The molecule has 0 saturated heterocycles. The normalized spacial score (nSPS) is 8.29. The molecular weight excluding hydrogens is 188 g/mol. The molecule has 6 nitrogen and oxygen atoms in total. The highest BCUT2D eigenvalue weighted by Gasteiger charge is 1.89. The van der Waals surface area contributed by atoms with Crippen LogP contribution in [0.4, 0.5) is 0 Å². The Kier molecular flexibility index (Phi) is 13.0. The maximum Gasteiger partial charge on any atom is 0.218 e. The lowest BCUT2D eigenvalue weighted by atomic mass is 10.7. The van der Waals surface area contributed by atoms with E-state index in [4.69, 9.17) is 0 Å². The SMILES string of the molecule is CC(=O)NCNC(C)=O.COCOC. The molecule has 84 valence electrons. The Morgan fingerprint density at radius 1 is 1.00 bits per heavy atom. The van der Waals surface area contributed by atoms with Gasteiger partial charge in [-0.25, -0.2) is 0 Å². The largest absolute Gasteiger partial charge is 0.359 e. The Morgan fingerprint density at radius 3 is 1.50 bits per heavy atom. The van der Waals surface area contributed by atoms with Gasteiger partial charge in [0.05, 0.1) is 6.67 Å². The number of carbonyl (C=O) groups is 2. The Morgan fingerprint density at radius 2 is 1.36 bits per heavy atom. The van der Waals surface area contributed by atoms with Crippen LogP contribution < -0.4 is 10.6 Å². The first kappa shape index (κ1) is 15.3. The van der Waals surface area contributed by atoms with E-state index in [9.17, 15) is 9.59 Å². The number of carbonyl (C=O) groups excluding carboxylic acids is 2. The zero-order chi connectivity index (χ0) is 11.4. The van der Waals surface area contributed by atoms with Gasteiger partial charge in [0.2, 0.25) is 11.8 Å². The van der Waals surface area contributed by atoms with E-state index in [2.05, 4.69) is 20.1 Å². The van der Waals surface area contributed by atoms with Crippen molar-refractivity contribution in [1.82, 2.24) is 10.6 Å². The Balaban J connectivity index is 0. The van der Waals surface area contributed by atoms with Gasteiger partial charge < -0.3 is 20.1 Å². The Bertz CT molecular complexity index is 145.